The normalized spacial score (nSPS) is 16.3. The maximum Gasteiger partial charge on any atom is 0.416 e. The number of ether oxygens (including phenoxy) is 1. The molecule has 3 rings (SSSR count). The predicted molar refractivity (Wildman–Crippen MR) is 116 cm³/mol. The van der Waals surface area contributed by atoms with E-state index in [0.717, 1.165) is 23.9 Å². The number of hydrogen-bond donors (Lipinski definition) is 1. The molecule has 0 saturated heterocycles. The van der Waals surface area contributed by atoms with Crippen LogP contribution in [0, 0.1) is 0 Å². The lowest BCUT2D eigenvalue weighted by Crippen LogP contribution is -2.54. The largest absolute Gasteiger partial charge is 0.458 e. The zero-order valence-electron chi connectivity index (χ0n) is 18.9. The first-order valence-electron chi connectivity index (χ1n) is 10.5. The lowest BCUT2D eigenvalue weighted by atomic mass is 10.1. The molecule has 1 aromatic heterocycles. The molecule has 1 aromatic carbocycles. The Morgan fingerprint density at radius 2 is 1.82 bits per heavy atom. The highest BCUT2D eigenvalue weighted by Crippen LogP contribution is 2.29. The van der Waals surface area contributed by atoms with Crippen molar-refractivity contribution in [2.75, 3.05) is 6.54 Å². The van der Waals surface area contributed by atoms with Crippen molar-refractivity contribution < 1.29 is 32.3 Å². The van der Waals surface area contributed by atoms with Gasteiger partial charge in [-0.1, -0.05) is 12.1 Å². The van der Waals surface area contributed by atoms with E-state index in [4.69, 9.17) is 4.74 Å². The molecule has 2 amide bonds. The van der Waals surface area contributed by atoms with Crippen LogP contribution in [0.25, 0.3) is 6.08 Å². The minimum absolute atomic E-state index is 0.125. The molecule has 2 aromatic rings. The molecular formula is C23H25F3N4O4. The standard InChI is InChI=1S/C23H25F3N4O4/c1-22(2,3)34-21(33)18-14-30-17(10-11-28-30)13-29(18)20(32)12-27-19(31)9-6-15-4-7-16(8-5-15)23(24,25)26/h4-11,18H,12-14H2,1-3H3,(H,27,31)/b9-6+/t18-/m1/s1. The molecule has 0 radical (unpaired) electrons. The zero-order valence-corrected chi connectivity index (χ0v) is 18.9. The number of fused-ring (bicyclic) bond motifs is 1. The molecule has 2 heterocycles. The van der Waals surface area contributed by atoms with Gasteiger partial charge in [-0.2, -0.15) is 18.3 Å². The van der Waals surface area contributed by atoms with Crippen LogP contribution in [-0.4, -0.2) is 50.7 Å². The fourth-order valence-electron chi connectivity index (χ4n) is 3.32. The van der Waals surface area contributed by atoms with E-state index in [9.17, 15) is 27.6 Å². The van der Waals surface area contributed by atoms with E-state index in [-0.39, 0.29) is 19.6 Å². The molecule has 0 unspecified atom stereocenters. The summed E-state index contributed by atoms with van der Waals surface area (Å²) in [5, 5.41) is 6.60. The minimum Gasteiger partial charge on any atom is -0.458 e. The van der Waals surface area contributed by atoms with Gasteiger partial charge in [0.2, 0.25) is 11.8 Å². The topological polar surface area (TPSA) is 93.5 Å². The van der Waals surface area contributed by atoms with E-state index in [0.29, 0.717) is 5.56 Å². The number of hydrogen-bond acceptors (Lipinski definition) is 5. The molecular weight excluding hydrogens is 453 g/mol. The number of rotatable bonds is 5. The molecule has 8 nitrogen and oxygen atoms in total. The Hall–Kier alpha value is -3.63. The average Bonchev–Trinajstić information content (AvgIpc) is 3.21. The van der Waals surface area contributed by atoms with E-state index in [1.54, 1.807) is 37.7 Å². The summed E-state index contributed by atoms with van der Waals surface area (Å²) in [6.07, 6.45) is -0.415. The van der Waals surface area contributed by atoms with Gasteiger partial charge in [-0.15, -0.1) is 0 Å². The van der Waals surface area contributed by atoms with Crippen LogP contribution in [0.5, 0.6) is 0 Å². The Morgan fingerprint density at radius 3 is 2.44 bits per heavy atom. The highest BCUT2D eigenvalue weighted by atomic mass is 19.4. The van der Waals surface area contributed by atoms with Gasteiger partial charge in [0.25, 0.3) is 0 Å². The molecule has 34 heavy (non-hydrogen) atoms. The SMILES string of the molecule is CC(C)(C)OC(=O)[C@H]1Cn2nccc2CN1C(=O)CNC(=O)/C=C/c1ccc(C(F)(F)F)cc1. The second kappa shape index (κ2) is 9.70. The third-order valence-electron chi connectivity index (χ3n) is 4.94. The summed E-state index contributed by atoms with van der Waals surface area (Å²) in [4.78, 5) is 39.1. The van der Waals surface area contributed by atoms with Crippen molar-refractivity contribution in [1.82, 2.24) is 20.0 Å². The van der Waals surface area contributed by atoms with Crippen LogP contribution < -0.4 is 5.32 Å². The van der Waals surface area contributed by atoms with Crippen LogP contribution in [0.1, 0.15) is 37.6 Å². The third kappa shape index (κ3) is 6.46. The van der Waals surface area contributed by atoms with E-state index in [1.165, 1.54) is 23.1 Å². The highest BCUT2D eigenvalue weighted by molar-refractivity contribution is 5.95. The Bertz CT molecular complexity index is 1080. The van der Waals surface area contributed by atoms with E-state index in [2.05, 4.69) is 10.4 Å². The zero-order chi connectivity index (χ0) is 25.1. The first kappa shape index (κ1) is 25.0. The van der Waals surface area contributed by atoms with E-state index < -0.39 is 41.2 Å². The summed E-state index contributed by atoms with van der Waals surface area (Å²) in [5.74, 6) is -1.67. The second-order valence-electron chi connectivity index (χ2n) is 8.75. The van der Waals surface area contributed by atoms with Crippen LogP contribution in [0.2, 0.25) is 0 Å². The Kier molecular flexibility index (Phi) is 7.13. The molecule has 1 aliphatic heterocycles. The van der Waals surface area contributed by atoms with Crippen molar-refractivity contribution in [3.05, 3.63) is 59.4 Å². The molecule has 1 atom stereocenters. The van der Waals surface area contributed by atoms with Gasteiger partial charge in [0, 0.05) is 12.3 Å². The number of benzene rings is 1. The fraction of sp³-hybridized carbons (Fsp3) is 0.391. The van der Waals surface area contributed by atoms with E-state index in [1.807, 2.05) is 0 Å². The number of nitrogens with one attached hydrogen (secondary N) is 1. The molecule has 0 bridgehead atoms. The quantitative estimate of drug-likeness (QED) is 0.527. The predicted octanol–water partition coefficient (Wildman–Crippen LogP) is 2.78. The number of amides is 2. The maximum absolute atomic E-state index is 12.9. The number of halogens is 3. The summed E-state index contributed by atoms with van der Waals surface area (Å²) < 4.78 is 45.0. The molecule has 0 saturated carbocycles. The van der Waals surface area contributed by atoms with Crippen LogP contribution in [0.4, 0.5) is 13.2 Å². The van der Waals surface area contributed by atoms with Gasteiger partial charge in [0.05, 0.1) is 30.9 Å². The molecule has 0 fully saturated rings. The van der Waals surface area contributed by atoms with Crippen molar-refractivity contribution in [3.8, 4) is 0 Å². The summed E-state index contributed by atoms with van der Waals surface area (Å²) >= 11 is 0. The van der Waals surface area contributed by atoms with Gasteiger partial charge in [0.1, 0.15) is 11.6 Å². The van der Waals surface area contributed by atoms with Crippen molar-refractivity contribution in [2.24, 2.45) is 0 Å². The third-order valence-corrected chi connectivity index (χ3v) is 4.94. The Balaban J connectivity index is 1.62. The molecule has 11 heteroatoms. The average molecular weight is 478 g/mol. The van der Waals surface area contributed by atoms with Gasteiger partial charge in [-0.05, 0) is 50.6 Å². The van der Waals surface area contributed by atoms with Crippen molar-refractivity contribution in [1.29, 1.82) is 0 Å². The number of carbonyl (C=O) groups is 3. The number of nitrogens with zero attached hydrogens (tertiary/aromatic N) is 3. The van der Waals surface area contributed by atoms with Crippen molar-refractivity contribution in [2.45, 2.75) is 51.7 Å². The van der Waals surface area contributed by atoms with Crippen LogP contribution in [0.15, 0.2) is 42.6 Å². The minimum atomic E-state index is -4.44. The number of carbonyl (C=O) groups excluding carboxylic acids is 3. The summed E-state index contributed by atoms with van der Waals surface area (Å²) in [5.41, 5.74) is -0.402. The van der Waals surface area contributed by atoms with E-state index >= 15 is 0 Å². The highest BCUT2D eigenvalue weighted by Gasteiger charge is 2.37. The smallest absolute Gasteiger partial charge is 0.416 e. The molecule has 1 aliphatic rings. The van der Waals surface area contributed by atoms with Gasteiger partial charge >= 0.3 is 12.1 Å². The summed E-state index contributed by atoms with van der Waals surface area (Å²) in [6.45, 7) is 5.06. The lowest BCUT2D eigenvalue weighted by Gasteiger charge is -2.36. The Morgan fingerprint density at radius 1 is 1.15 bits per heavy atom. The van der Waals surface area contributed by atoms with Gasteiger partial charge in [0.15, 0.2) is 0 Å². The maximum atomic E-state index is 12.9. The van der Waals surface area contributed by atoms with Gasteiger partial charge in [-0.3, -0.25) is 14.3 Å². The summed E-state index contributed by atoms with van der Waals surface area (Å²) in [7, 11) is 0. The van der Waals surface area contributed by atoms with Gasteiger partial charge in [-0.25, -0.2) is 4.79 Å². The fourth-order valence-corrected chi connectivity index (χ4v) is 3.32. The number of esters is 1. The molecule has 1 N–H and O–H groups in total. The van der Waals surface area contributed by atoms with Crippen LogP contribution >= 0.6 is 0 Å². The first-order valence-corrected chi connectivity index (χ1v) is 10.5. The number of alkyl halides is 3. The second-order valence-corrected chi connectivity index (χ2v) is 8.75. The first-order chi connectivity index (χ1) is 15.8. The number of aromatic nitrogens is 2. The van der Waals surface area contributed by atoms with Crippen molar-refractivity contribution in [3.63, 3.8) is 0 Å². The van der Waals surface area contributed by atoms with Gasteiger partial charge < -0.3 is 15.0 Å². The monoisotopic (exact) mass is 478 g/mol. The molecule has 182 valence electrons. The van der Waals surface area contributed by atoms with Crippen LogP contribution in [-0.2, 0) is 38.4 Å². The van der Waals surface area contributed by atoms with Crippen molar-refractivity contribution >= 4 is 23.9 Å². The summed E-state index contributed by atoms with van der Waals surface area (Å²) in [6, 6.07) is 5.13. The lowest BCUT2D eigenvalue weighted by molar-refractivity contribution is -0.167. The Labute approximate surface area is 194 Å². The van der Waals surface area contributed by atoms with Crippen LogP contribution in [0.3, 0.4) is 0 Å². The molecule has 0 spiro atoms. The molecule has 0 aliphatic carbocycles.